The zero-order valence-electron chi connectivity index (χ0n) is 14.1. The predicted octanol–water partition coefficient (Wildman–Crippen LogP) is 4.03. The number of nitrogens with zero attached hydrogens (tertiary/aromatic N) is 1. The van der Waals surface area contributed by atoms with Gasteiger partial charge in [0.2, 0.25) is 0 Å². The molecule has 1 N–H and O–H groups in total. The topological polar surface area (TPSA) is 77.5 Å². The van der Waals surface area contributed by atoms with Crippen molar-refractivity contribution < 1.29 is 18.5 Å². The van der Waals surface area contributed by atoms with Crippen LogP contribution in [0.5, 0.6) is 5.75 Å². The molecule has 6 nitrogen and oxygen atoms in total. The molecular weight excluding hydrogens is 332 g/mol. The Morgan fingerprint density at radius 1 is 1.12 bits per heavy atom. The third kappa shape index (κ3) is 3.17. The lowest BCUT2D eigenvalue weighted by Crippen LogP contribution is -2.22. The van der Waals surface area contributed by atoms with Crippen molar-refractivity contribution in [1.82, 2.24) is 10.5 Å². The molecule has 0 aliphatic heterocycles. The zero-order valence-corrected chi connectivity index (χ0v) is 14.1. The fourth-order valence-electron chi connectivity index (χ4n) is 2.64. The number of amides is 1. The van der Waals surface area contributed by atoms with Crippen molar-refractivity contribution in [3.05, 3.63) is 72.1 Å². The van der Waals surface area contributed by atoms with Crippen LogP contribution in [0, 0.1) is 0 Å². The first-order valence-electron chi connectivity index (χ1n) is 8.10. The number of hydrogen-bond acceptors (Lipinski definition) is 5. The van der Waals surface area contributed by atoms with Gasteiger partial charge in [0, 0.05) is 17.0 Å². The van der Waals surface area contributed by atoms with E-state index in [1.807, 2.05) is 48.5 Å². The van der Waals surface area contributed by atoms with Gasteiger partial charge in [0.05, 0.1) is 13.7 Å². The molecular formula is C20H16N2O4. The van der Waals surface area contributed by atoms with Crippen molar-refractivity contribution in [2.24, 2.45) is 0 Å². The summed E-state index contributed by atoms with van der Waals surface area (Å²) in [7, 11) is 1.62. The van der Waals surface area contributed by atoms with Crippen molar-refractivity contribution in [2.45, 2.75) is 6.54 Å². The normalized spacial score (nSPS) is 10.8. The molecule has 0 fully saturated rings. The van der Waals surface area contributed by atoms with Crippen LogP contribution >= 0.6 is 0 Å². The van der Waals surface area contributed by atoms with Gasteiger partial charge in [0.25, 0.3) is 5.91 Å². The summed E-state index contributed by atoms with van der Waals surface area (Å²) in [5.41, 5.74) is 2.19. The van der Waals surface area contributed by atoms with Gasteiger partial charge < -0.3 is 19.0 Å². The summed E-state index contributed by atoms with van der Waals surface area (Å²) < 4.78 is 16.0. The molecule has 0 aliphatic rings. The maximum atomic E-state index is 12.3. The molecule has 0 saturated heterocycles. The average molecular weight is 348 g/mol. The van der Waals surface area contributed by atoms with Crippen LogP contribution in [0.2, 0.25) is 0 Å². The molecule has 0 aliphatic carbocycles. The number of para-hydroxylation sites is 1. The molecule has 0 radical (unpaired) electrons. The Morgan fingerprint density at radius 3 is 2.69 bits per heavy atom. The van der Waals surface area contributed by atoms with Gasteiger partial charge in [-0.2, -0.15) is 0 Å². The number of carbonyl (C=O) groups is 1. The molecule has 2 heterocycles. The number of carbonyl (C=O) groups excluding carboxylic acids is 1. The zero-order chi connectivity index (χ0) is 17.9. The Hall–Kier alpha value is -3.54. The van der Waals surface area contributed by atoms with Crippen molar-refractivity contribution in [3.8, 4) is 17.1 Å². The van der Waals surface area contributed by atoms with Gasteiger partial charge >= 0.3 is 0 Å². The molecule has 0 bridgehead atoms. The highest BCUT2D eigenvalue weighted by Crippen LogP contribution is 2.23. The third-order valence-corrected chi connectivity index (χ3v) is 4.01. The van der Waals surface area contributed by atoms with Gasteiger partial charge in [-0.1, -0.05) is 23.4 Å². The molecule has 26 heavy (non-hydrogen) atoms. The number of benzene rings is 2. The molecule has 0 saturated carbocycles. The van der Waals surface area contributed by atoms with E-state index in [-0.39, 0.29) is 18.2 Å². The van der Waals surface area contributed by atoms with E-state index in [0.29, 0.717) is 17.0 Å². The Kier molecular flexibility index (Phi) is 4.15. The van der Waals surface area contributed by atoms with Crippen molar-refractivity contribution >= 4 is 16.9 Å². The third-order valence-electron chi connectivity index (χ3n) is 4.01. The summed E-state index contributed by atoms with van der Waals surface area (Å²) in [4.78, 5) is 12.3. The van der Waals surface area contributed by atoms with Crippen LogP contribution in [0.25, 0.3) is 22.3 Å². The Labute approximate surface area is 149 Å². The number of methoxy groups -OCH3 is 1. The second kappa shape index (κ2) is 6.76. The first kappa shape index (κ1) is 16.0. The van der Waals surface area contributed by atoms with E-state index in [1.165, 1.54) is 0 Å². The molecule has 1 amide bonds. The molecule has 6 heteroatoms. The fourth-order valence-corrected chi connectivity index (χ4v) is 2.64. The van der Waals surface area contributed by atoms with Gasteiger partial charge in [-0.25, -0.2) is 0 Å². The van der Waals surface area contributed by atoms with Gasteiger partial charge in [0.15, 0.2) is 11.5 Å². The largest absolute Gasteiger partial charge is 0.497 e. The number of aromatic nitrogens is 1. The van der Waals surface area contributed by atoms with E-state index in [2.05, 4.69) is 10.5 Å². The predicted molar refractivity (Wildman–Crippen MR) is 95.9 cm³/mol. The van der Waals surface area contributed by atoms with Crippen molar-refractivity contribution in [1.29, 1.82) is 0 Å². The molecule has 0 spiro atoms. The molecule has 4 aromatic rings. The molecule has 2 aromatic carbocycles. The molecule has 0 atom stereocenters. The maximum absolute atomic E-state index is 12.3. The van der Waals surface area contributed by atoms with Gasteiger partial charge in [-0.3, -0.25) is 4.79 Å². The number of nitrogens with one attached hydrogen (secondary N) is 1. The van der Waals surface area contributed by atoms with Crippen LogP contribution in [0.3, 0.4) is 0 Å². The number of furan rings is 1. The van der Waals surface area contributed by atoms with E-state index in [9.17, 15) is 4.79 Å². The van der Waals surface area contributed by atoms with Crippen LogP contribution in [-0.2, 0) is 6.54 Å². The van der Waals surface area contributed by atoms with E-state index < -0.39 is 0 Å². The summed E-state index contributed by atoms with van der Waals surface area (Å²) in [6.07, 6.45) is 0. The Balaban J connectivity index is 1.43. The number of fused-ring (bicyclic) bond motifs is 1. The quantitative estimate of drug-likeness (QED) is 0.589. The van der Waals surface area contributed by atoms with Crippen LogP contribution in [0.4, 0.5) is 0 Å². The maximum Gasteiger partial charge on any atom is 0.287 e. The molecule has 0 unspecified atom stereocenters. The highest BCUT2D eigenvalue weighted by molar-refractivity contribution is 5.96. The summed E-state index contributed by atoms with van der Waals surface area (Å²) in [5, 5.41) is 7.67. The minimum Gasteiger partial charge on any atom is -0.497 e. The Morgan fingerprint density at radius 2 is 1.92 bits per heavy atom. The number of rotatable bonds is 5. The molecule has 2 aromatic heterocycles. The summed E-state index contributed by atoms with van der Waals surface area (Å²) in [6.45, 7) is 0.246. The van der Waals surface area contributed by atoms with Crippen molar-refractivity contribution in [3.63, 3.8) is 0 Å². The minimum atomic E-state index is -0.296. The van der Waals surface area contributed by atoms with Crippen LogP contribution in [0.15, 0.2) is 69.6 Å². The van der Waals surface area contributed by atoms with Gasteiger partial charge in [0.1, 0.15) is 17.0 Å². The van der Waals surface area contributed by atoms with Crippen LogP contribution in [-0.4, -0.2) is 18.2 Å². The fraction of sp³-hybridized carbons (Fsp3) is 0.100. The summed E-state index contributed by atoms with van der Waals surface area (Å²) in [6, 6.07) is 18.5. The van der Waals surface area contributed by atoms with E-state index in [4.69, 9.17) is 13.7 Å². The summed E-state index contributed by atoms with van der Waals surface area (Å²) in [5.74, 6) is 1.37. The number of hydrogen-bond donors (Lipinski definition) is 1. The second-order valence-corrected chi connectivity index (χ2v) is 5.74. The summed E-state index contributed by atoms with van der Waals surface area (Å²) >= 11 is 0. The number of ether oxygens (including phenoxy) is 1. The average Bonchev–Trinajstić information content (AvgIpc) is 3.33. The van der Waals surface area contributed by atoms with E-state index >= 15 is 0 Å². The van der Waals surface area contributed by atoms with Gasteiger partial charge in [-0.15, -0.1) is 0 Å². The first-order valence-corrected chi connectivity index (χ1v) is 8.10. The molecule has 4 rings (SSSR count). The lowest BCUT2D eigenvalue weighted by Gasteiger charge is -1.99. The standard InChI is InChI=1S/C20H16N2O4/c1-24-16-8-6-13(7-9-16)18-11-15(22-26-18)12-21-20(23)19-10-14-4-2-3-5-17(14)25-19/h2-11H,12H2,1H3,(H,21,23). The first-order chi connectivity index (χ1) is 12.7. The van der Waals surface area contributed by atoms with E-state index in [1.54, 1.807) is 19.2 Å². The van der Waals surface area contributed by atoms with Crippen molar-refractivity contribution in [2.75, 3.05) is 7.11 Å². The molecule has 130 valence electrons. The van der Waals surface area contributed by atoms with Crippen LogP contribution in [0.1, 0.15) is 16.2 Å². The second-order valence-electron chi connectivity index (χ2n) is 5.74. The van der Waals surface area contributed by atoms with E-state index in [0.717, 1.165) is 16.7 Å². The monoisotopic (exact) mass is 348 g/mol. The Bertz CT molecular complexity index is 1010. The highest BCUT2D eigenvalue weighted by Gasteiger charge is 2.13. The SMILES string of the molecule is COc1ccc(-c2cc(CNC(=O)c3cc4ccccc4o3)no2)cc1. The minimum absolute atomic E-state index is 0.246. The highest BCUT2D eigenvalue weighted by atomic mass is 16.5. The lowest BCUT2D eigenvalue weighted by atomic mass is 10.1. The van der Waals surface area contributed by atoms with Crippen LogP contribution < -0.4 is 10.1 Å². The lowest BCUT2D eigenvalue weighted by molar-refractivity contribution is 0.0924. The smallest absolute Gasteiger partial charge is 0.287 e. The van der Waals surface area contributed by atoms with Gasteiger partial charge in [-0.05, 0) is 36.4 Å².